The average Bonchev–Trinajstić information content (AvgIpc) is 2.57. The molecule has 0 aromatic heterocycles. The summed E-state index contributed by atoms with van der Waals surface area (Å²) in [4.78, 5) is 32.6. The van der Waals surface area contributed by atoms with Crippen LogP contribution in [0.25, 0.3) is 0 Å². The number of hydrogen-bond acceptors (Lipinski definition) is 7. The summed E-state index contributed by atoms with van der Waals surface area (Å²) < 4.78 is 9.88. The van der Waals surface area contributed by atoms with Crippen molar-refractivity contribution in [1.82, 2.24) is 0 Å². The van der Waals surface area contributed by atoms with Crippen LogP contribution in [0.2, 0.25) is 0 Å². The summed E-state index contributed by atoms with van der Waals surface area (Å²) in [5, 5.41) is 10.7. The third-order valence-electron chi connectivity index (χ3n) is 3.19. The predicted molar refractivity (Wildman–Crippen MR) is 97.9 cm³/mol. The molecule has 1 unspecified atom stereocenters. The van der Waals surface area contributed by atoms with E-state index in [0.29, 0.717) is 0 Å². The molecule has 0 saturated heterocycles. The van der Waals surface area contributed by atoms with Gasteiger partial charge in [0.15, 0.2) is 6.10 Å². The molecule has 8 nitrogen and oxygen atoms in total. The molecule has 4 N–H and O–H groups in total. The predicted octanol–water partition coefficient (Wildman–Crippen LogP) is 1.63. The number of ether oxygens (including phenoxy) is 2. The molecule has 1 aromatic carbocycles. The lowest BCUT2D eigenvalue weighted by molar-refractivity contribution is -0.166. The molecule has 0 amide bonds. The summed E-state index contributed by atoms with van der Waals surface area (Å²) in [6.45, 7) is 8.86. The van der Waals surface area contributed by atoms with Crippen LogP contribution >= 0.6 is 0 Å². The first kappa shape index (κ1) is 23.4. The van der Waals surface area contributed by atoms with Gasteiger partial charge in [0.1, 0.15) is 6.04 Å². The number of carboxylic acid groups (broad SMARTS) is 1. The first-order chi connectivity index (χ1) is 12.1. The van der Waals surface area contributed by atoms with Gasteiger partial charge >= 0.3 is 17.9 Å². The summed E-state index contributed by atoms with van der Waals surface area (Å²) in [6.07, 6.45) is -0.902. The van der Waals surface area contributed by atoms with Gasteiger partial charge < -0.3 is 25.6 Å². The van der Waals surface area contributed by atoms with E-state index < -0.39 is 30.1 Å². The van der Waals surface area contributed by atoms with Crippen LogP contribution < -0.4 is 11.1 Å². The molecule has 0 aliphatic rings. The maximum Gasteiger partial charge on any atom is 0.347 e. The van der Waals surface area contributed by atoms with Gasteiger partial charge in [0, 0.05) is 5.69 Å². The molecule has 0 heterocycles. The number of aliphatic carboxylic acids is 1. The van der Waals surface area contributed by atoms with Crippen molar-refractivity contribution in [3.8, 4) is 0 Å². The third-order valence-corrected chi connectivity index (χ3v) is 3.19. The summed E-state index contributed by atoms with van der Waals surface area (Å²) in [5.41, 5.74) is 7.65. The van der Waals surface area contributed by atoms with Crippen molar-refractivity contribution in [3.63, 3.8) is 0 Å². The Morgan fingerprint density at radius 2 is 1.77 bits per heavy atom. The molecule has 0 saturated carbocycles. The highest BCUT2D eigenvalue weighted by atomic mass is 16.6. The van der Waals surface area contributed by atoms with E-state index in [9.17, 15) is 14.4 Å². The molecule has 146 valence electrons. The Kier molecular flexibility index (Phi) is 10.7. The van der Waals surface area contributed by atoms with Crippen molar-refractivity contribution in [2.75, 3.05) is 18.5 Å². The quantitative estimate of drug-likeness (QED) is 0.620. The fourth-order valence-corrected chi connectivity index (χ4v) is 1.85. The van der Waals surface area contributed by atoms with E-state index in [1.807, 2.05) is 32.0 Å². The van der Waals surface area contributed by atoms with Crippen LogP contribution in [0.5, 0.6) is 0 Å². The Morgan fingerprint density at radius 3 is 2.23 bits per heavy atom. The van der Waals surface area contributed by atoms with Crippen molar-refractivity contribution >= 4 is 23.6 Å². The van der Waals surface area contributed by atoms with Gasteiger partial charge in [-0.2, -0.15) is 0 Å². The molecule has 1 aromatic rings. The van der Waals surface area contributed by atoms with Crippen molar-refractivity contribution in [2.45, 2.75) is 46.8 Å². The number of anilines is 1. The Hall–Kier alpha value is -2.61. The van der Waals surface area contributed by atoms with Crippen LogP contribution in [0.15, 0.2) is 18.2 Å². The van der Waals surface area contributed by atoms with Crippen LogP contribution in [0.1, 0.15) is 31.9 Å². The molecule has 0 bridgehead atoms. The number of carbonyl (C=O) groups excluding carboxylic acids is 2. The summed E-state index contributed by atoms with van der Waals surface area (Å²) in [7, 11) is 0. The molecule has 26 heavy (non-hydrogen) atoms. The minimum atomic E-state index is -0.968. The molecule has 0 fully saturated rings. The van der Waals surface area contributed by atoms with E-state index in [1.54, 1.807) is 13.8 Å². The van der Waals surface area contributed by atoms with Gasteiger partial charge in [-0.3, -0.25) is 4.79 Å². The number of benzene rings is 1. The second-order valence-electron chi connectivity index (χ2n) is 5.61. The topological polar surface area (TPSA) is 128 Å². The van der Waals surface area contributed by atoms with Gasteiger partial charge in [0.2, 0.25) is 0 Å². The lowest BCUT2D eigenvalue weighted by atomic mass is 10.1. The molecular formula is C18H28N2O6. The van der Waals surface area contributed by atoms with Crippen LogP contribution in [0.3, 0.4) is 0 Å². The fraction of sp³-hybridized carbons (Fsp3) is 0.500. The van der Waals surface area contributed by atoms with Gasteiger partial charge in [0.05, 0.1) is 13.2 Å². The van der Waals surface area contributed by atoms with E-state index in [-0.39, 0.29) is 13.2 Å². The second-order valence-corrected chi connectivity index (χ2v) is 5.61. The van der Waals surface area contributed by atoms with Crippen LogP contribution in [-0.2, 0) is 23.9 Å². The highest BCUT2D eigenvalue weighted by molar-refractivity contribution is 5.83. The number of nitrogens with two attached hydrogens (primary N) is 1. The first-order valence-corrected chi connectivity index (χ1v) is 8.25. The standard InChI is InChI=1S/C16H23NO4.C2H5NO2/c1-6-20-16(19)13(5)21-15(18)12(4)17-14-8-7-10(2)9-11(14)3;3-1-2(4)5/h7-9,12-13,17H,6H2,1-5H3;1,3H2,(H,4,5)/t12-,13?;/m0./s1. The smallest absolute Gasteiger partial charge is 0.347 e. The van der Waals surface area contributed by atoms with E-state index in [0.717, 1.165) is 16.8 Å². The molecule has 0 radical (unpaired) electrons. The van der Waals surface area contributed by atoms with Crippen molar-refractivity contribution in [2.24, 2.45) is 5.73 Å². The Morgan fingerprint density at radius 1 is 1.19 bits per heavy atom. The van der Waals surface area contributed by atoms with E-state index in [2.05, 4.69) is 11.1 Å². The average molecular weight is 368 g/mol. The molecule has 2 atom stereocenters. The zero-order valence-corrected chi connectivity index (χ0v) is 15.9. The van der Waals surface area contributed by atoms with Gasteiger partial charge in [-0.05, 0) is 46.2 Å². The van der Waals surface area contributed by atoms with Crippen molar-refractivity contribution in [1.29, 1.82) is 0 Å². The minimum Gasteiger partial charge on any atom is -0.480 e. The van der Waals surface area contributed by atoms with Crippen LogP contribution in [-0.4, -0.2) is 48.3 Å². The number of rotatable bonds is 7. The van der Waals surface area contributed by atoms with Crippen molar-refractivity contribution in [3.05, 3.63) is 29.3 Å². The normalized spacial score (nSPS) is 12.1. The molecule has 0 aliphatic heterocycles. The monoisotopic (exact) mass is 368 g/mol. The molecule has 8 heteroatoms. The van der Waals surface area contributed by atoms with E-state index >= 15 is 0 Å². The third kappa shape index (κ3) is 9.03. The highest BCUT2D eigenvalue weighted by Gasteiger charge is 2.22. The minimum absolute atomic E-state index is 0.261. The first-order valence-electron chi connectivity index (χ1n) is 8.25. The van der Waals surface area contributed by atoms with Crippen LogP contribution in [0, 0.1) is 13.8 Å². The fourth-order valence-electron chi connectivity index (χ4n) is 1.85. The number of carboxylic acids is 1. The molecule has 0 spiro atoms. The van der Waals surface area contributed by atoms with E-state index in [1.165, 1.54) is 6.92 Å². The summed E-state index contributed by atoms with van der Waals surface area (Å²) >= 11 is 0. The van der Waals surface area contributed by atoms with Gasteiger partial charge in [0.25, 0.3) is 0 Å². The largest absolute Gasteiger partial charge is 0.480 e. The number of aryl methyl sites for hydroxylation is 2. The molecular weight excluding hydrogens is 340 g/mol. The zero-order chi connectivity index (χ0) is 20.3. The Labute approximate surface area is 153 Å². The second kappa shape index (κ2) is 11.9. The van der Waals surface area contributed by atoms with Crippen LogP contribution in [0.4, 0.5) is 5.69 Å². The maximum atomic E-state index is 12.0. The summed E-state index contributed by atoms with van der Waals surface area (Å²) in [6, 6.07) is 5.36. The maximum absolute atomic E-state index is 12.0. The highest BCUT2D eigenvalue weighted by Crippen LogP contribution is 2.17. The van der Waals surface area contributed by atoms with Gasteiger partial charge in [-0.25, -0.2) is 9.59 Å². The van der Waals surface area contributed by atoms with Gasteiger partial charge in [-0.15, -0.1) is 0 Å². The lowest BCUT2D eigenvalue weighted by Crippen LogP contribution is -2.34. The lowest BCUT2D eigenvalue weighted by Gasteiger charge is -2.18. The summed E-state index contributed by atoms with van der Waals surface area (Å²) in [5.74, 6) is -2.00. The van der Waals surface area contributed by atoms with Gasteiger partial charge in [-0.1, -0.05) is 17.7 Å². The SMILES string of the molecule is CCOC(=O)C(C)OC(=O)[C@H](C)Nc1ccc(C)cc1C.NCC(=O)O. The number of nitrogens with one attached hydrogen (secondary N) is 1. The molecule has 0 aliphatic carbocycles. The molecule has 1 rings (SSSR count). The Balaban J connectivity index is 0.00000110. The van der Waals surface area contributed by atoms with E-state index in [4.69, 9.17) is 14.6 Å². The zero-order valence-electron chi connectivity index (χ0n) is 15.9. The number of esters is 2. The Bertz CT molecular complexity index is 618. The number of carbonyl (C=O) groups is 3. The number of hydrogen-bond donors (Lipinski definition) is 3. The van der Waals surface area contributed by atoms with Crippen molar-refractivity contribution < 1.29 is 29.0 Å².